The first kappa shape index (κ1) is 15.5. The van der Waals surface area contributed by atoms with Crippen LogP contribution in [0, 0.1) is 12.3 Å². The molecule has 1 aliphatic heterocycles. The van der Waals surface area contributed by atoms with E-state index in [-0.39, 0.29) is 23.5 Å². The van der Waals surface area contributed by atoms with Crippen molar-refractivity contribution in [3.05, 3.63) is 35.4 Å². The first-order chi connectivity index (χ1) is 10.6. The van der Waals surface area contributed by atoms with Crippen molar-refractivity contribution in [3.8, 4) is 0 Å². The van der Waals surface area contributed by atoms with Crippen molar-refractivity contribution < 1.29 is 14.6 Å². The lowest BCUT2D eigenvalue weighted by atomic mass is 9.58. The highest BCUT2D eigenvalue weighted by Gasteiger charge is 2.56. The standard InChI is InChI=1S/C18H25NO3/c1-3-22-16-12-15(20)18(16)8-10-19(11-9-18)17(21)14-6-4-13(2)5-7-14/h4-7,15-16,20H,3,8-12H2,1-2H3. The molecule has 1 N–H and O–H groups in total. The molecule has 1 aromatic rings. The molecule has 3 rings (SSSR count). The molecule has 1 saturated heterocycles. The highest BCUT2D eigenvalue weighted by atomic mass is 16.5. The number of carbonyl (C=O) groups excluding carboxylic acids is 1. The van der Waals surface area contributed by atoms with E-state index in [1.807, 2.05) is 43.0 Å². The number of aliphatic hydroxyl groups is 1. The Hall–Kier alpha value is -1.39. The Morgan fingerprint density at radius 3 is 2.50 bits per heavy atom. The maximum absolute atomic E-state index is 12.5. The van der Waals surface area contributed by atoms with Crippen LogP contribution >= 0.6 is 0 Å². The second-order valence-corrected chi connectivity index (χ2v) is 6.59. The van der Waals surface area contributed by atoms with Gasteiger partial charge in [0.15, 0.2) is 0 Å². The maximum Gasteiger partial charge on any atom is 0.253 e. The van der Waals surface area contributed by atoms with Crippen LogP contribution in [0.1, 0.15) is 42.1 Å². The molecule has 0 bridgehead atoms. The van der Waals surface area contributed by atoms with Gasteiger partial charge in [-0.25, -0.2) is 0 Å². The third kappa shape index (κ3) is 2.55. The fourth-order valence-electron chi connectivity index (χ4n) is 3.82. The topological polar surface area (TPSA) is 49.8 Å². The van der Waals surface area contributed by atoms with Gasteiger partial charge in [-0.05, 0) is 38.8 Å². The zero-order chi connectivity index (χ0) is 15.7. The summed E-state index contributed by atoms with van der Waals surface area (Å²) in [5.74, 6) is 0.0941. The summed E-state index contributed by atoms with van der Waals surface area (Å²) in [7, 11) is 0. The molecule has 2 fully saturated rings. The number of carbonyl (C=O) groups is 1. The predicted octanol–water partition coefficient (Wildman–Crippen LogP) is 2.39. The van der Waals surface area contributed by atoms with Gasteiger partial charge in [-0.2, -0.15) is 0 Å². The number of rotatable bonds is 3. The van der Waals surface area contributed by atoms with E-state index in [2.05, 4.69) is 0 Å². The normalized spacial score (nSPS) is 26.8. The van der Waals surface area contributed by atoms with Crippen LogP contribution in [0.3, 0.4) is 0 Å². The van der Waals surface area contributed by atoms with Crippen LogP contribution in [0.4, 0.5) is 0 Å². The molecule has 0 aromatic heterocycles. The number of likely N-dealkylation sites (tertiary alicyclic amines) is 1. The number of hydrogen-bond donors (Lipinski definition) is 1. The highest BCUT2D eigenvalue weighted by Crippen LogP contribution is 2.51. The van der Waals surface area contributed by atoms with E-state index in [9.17, 15) is 9.90 Å². The van der Waals surface area contributed by atoms with Gasteiger partial charge in [0.1, 0.15) is 0 Å². The van der Waals surface area contributed by atoms with Crippen LogP contribution in [-0.4, -0.2) is 47.8 Å². The molecule has 4 heteroatoms. The third-order valence-electron chi connectivity index (χ3n) is 5.39. The molecular weight excluding hydrogens is 278 g/mol. The Morgan fingerprint density at radius 1 is 1.32 bits per heavy atom. The number of benzene rings is 1. The van der Waals surface area contributed by atoms with Gasteiger partial charge in [0.05, 0.1) is 12.2 Å². The van der Waals surface area contributed by atoms with Crippen molar-refractivity contribution in [1.29, 1.82) is 0 Å². The van der Waals surface area contributed by atoms with Gasteiger partial charge < -0.3 is 14.7 Å². The third-order valence-corrected chi connectivity index (χ3v) is 5.39. The van der Waals surface area contributed by atoms with Crippen molar-refractivity contribution in [3.63, 3.8) is 0 Å². The second-order valence-electron chi connectivity index (χ2n) is 6.59. The summed E-state index contributed by atoms with van der Waals surface area (Å²) >= 11 is 0. The molecule has 0 radical (unpaired) electrons. The lowest BCUT2D eigenvalue weighted by Gasteiger charge is -2.56. The SMILES string of the molecule is CCOC1CC(O)C12CCN(C(=O)c1ccc(C)cc1)CC2. The molecule has 22 heavy (non-hydrogen) atoms. The van der Waals surface area contributed by atoms with Crippen LogP contribution in [0.5, 0.6) is 0 Å². The monoisotopic (exact) mass is 303 g/mol. The smallest absolute Gasteiger partial charge is 0.253 e. The van der Waals surface area contributed by atoms with Crippen molar-refractivity contribution in [2.75, 3.05) is 19.7 Å². The maximum atomic E-state index is 12.5. The van der Waals surface area contributed by atoms with Crippen molar-refractivity contribution in [1.82, 2.24) is 4.90 Å². The van der Waals surface area contributed by atoms with Gasteiger partial charge in [0, 0.05) is 37.1 Å². The second kappa shape index (κ2) is 6.01. The fourth-order valence-corrected chi connectivity index (χ4v) is 3.82. The number of aliphatic hydroxyl groups excluding tert-OH is 1. The predicted molar refractivity (Wildman–Crippen MR) is 84.8 cm³/mol. The highest BCUT2D eigenvalue weighted by molar-refractivity contribution is 5.94. The molecule has 1 amide bonds. The van der Waals surface area contributed by atoms with E-state index in [1.54, 1.807) is 0 Å². The number of ether oxygens (including phenoxy) is 1. The average Bonchev–Trinajstić information content (AvgIpc) is 2.55. The van der Waals surface area contributed by atoms with Crippen LogP contribution in [-0.2, 0) is 4.74 Å². The van der Waals surface area contributed by atoms with Crippen LogP contribution in [0.2, 0.25) is 0 Å². The molecule has 4 nitrogen and oxygen atoms in total. The van der Waals surface area contributed by atoms with E-state index in [0.29, 0.717) is 19.7 Å². The Morgan fingerprint density at radius 2 is 1.95 bits per heavy atom. The summed E-state index contributed by atoms with van der Waals surface area (Å²) in [6.45, 7) is 6.10. The summed E-state index contributed by atoms with van der Waals surface area (Å²) in [6, 6.07) is 7.73. The summed E-state index contributed by atoms with van der Waals surface area (Å²) in [5, 5.41) is 10.2. The Labute approximate surface area is 132 Å². The number of nitrogens with zero attached hydrogens (tertiary/aromatic N) is 1. The fraction of sp³-hybridized carbons (Fsp3) is 0.611. The van der Waals surface area contributed by atoms with Crippen molar-refractivity contribution in [2.45, 2.75) is 45.3 Å². The number of piperidine rings is 1. The van der Waals surface area contributed by atoms with Crippen LogP contribution in [0.25, 0.3) is 0 Å². The molecular formula is C18H25NO3. The number of hydrogen-bond acceptors (Lipinski definition) is 3. The molecule has 2 atom stereocenters. The molecule has 1 saturated carbocycles. The van der Waals surface area contributed by atoms with Crippen molar-refractivity contribution >= 4 is 5.91 Å². The van der Waals surface area contributed by atoms with E-state index in [0.717, 1.165) is 30.4 Å². The molecule has 1 aromatic carbocycles. The Balaban J connectivity index is 1.64. The largest absolute Gasteiger partial charge is 0.392 e. The zero-order valence-electron chi connectivity index (χ0n) is 13.4. The molecule has 1 spiro atoms. The Bertz CT molecular complexity index is 530. The summed E-state index contributed by atoms with van der Waals surface area (Å²) in [6.07, 6.45) is 2.27. The quantitative estimate of drug-likeness (QED) is 0.933. The van der Waals surface area contributed by atoms with Gasteiger partial charge in [0.25, 0.3) is 5.91 Å². The van der Waals surface area contributed by atoms with Gasteiger partial charge >= 0.3 is 0 Å². The summed E-state index contributed by atoms with van der Waals surface area (Å²) in [4.78, 5) is 14.5. The Kier molecular flexibility index (Phi) is 4.24. The van der Waals surface area contributed by atoms with Crippen LogP contribution < -0.4 is 0 Å². The van der Waals surface area contributed by atoms with E-state index < -0.39 is 0 Å². The summed E-state index contributed by atoms with van der Waals surface area (Å²) < 4.78 is 5.77. The van der Waals surface area contributed by atoms with E-state index in [1.165, 1.54) is 0 Å². The van der Waals surface area contributed by atoms with Gasteiger partial charge in [-0.15, -0.1) is 0 Å². The zero-order valence-corrected chi connectivity index (χ0v) is 13.4. The minimum absolute atomic E-state index is 0.0941. The average molecular weight is 303 g/mol. The minimum atomic E-state index is -0.277. The van der Waals surface area contributed by atoms with Crippen molar-refractivity contribution in [2.24, 2.45) is 5.41 Å². The van der Waals surface area contributed by atoms with E-state index >= 15 is 0 Å². The lowest BCUT2D eigenvalue weighted by molar-refractivity contribution is -0.207. The molecule has 2 aliphatic rings. The van der Waals surface area contributed by atoms with Gasteiger partial charge in [-0.3, -0.25) is 4.79 Å². The van der Waals surface area contributed by atoms with Gasteiger partial charge in [-0.1, -0.05) is 17.7 Å². The molecule has 2 unspecified atom stereocenters. The summed E-state index contributed by atoms with van der Waals surface area (Å²) in [5.41, 5.74) is 1.78. The van der Waals surface area contributed by atoms with Gasteiger partial charge in [0.2, 0.25) is 0 Å². The number of amides is 1. The molecule has 120 valence electrons. The minimum Gasteiger partial charge on any atom is -0.392 e. The first-order valence-corrected chi connectivity index (χ1v) is 8.22. The first-order valence-electron chi connectivity index (χ1n) is 8.22. The lowest BCUT2D eigenvalue weighted by Crippen LogP contribution is -2.62. The van der Waals surface area contributed by atoms with Crippen LogP contribution in [0.15, 0.2) is 24.3 Å². The molecule has 1 aliphatic carbocycles. The van der Waals surface area contributed by atoms with E-state index in [4.69, 9.17) is 4.74 Å². The molecule has 1 heterocycles. The number of aryl methyl sites for hydroxylation is 1.